The first-order chi connectivity index (χ1) is 10.3. The van der Waals surface area contributed by atoms with E-state index in [1.807, 2.05) is 7.05 Å². The van der Waals surface area contributed by atoms with Crippen LogP contribution in [0.4, 0.5) is 0 Å². The van der Waals surface area contributed by atoms with Crippen molar-refractivity contribution in [3.05, 3.63) is 0 Å². The van der Waals surface area contributed by atoms with E-state index in [0.717, 1.165) is 50.5 Å². The van der Waals surface area contributed by atoms with Gasteiger partial charge in [0.2, 0.25) is 0 Å². The summed E-state index contributed by atoms with van der Waals surface area (Å²) in [5.41, 5.74) is 0. The SMILES string of the molecule is CCN1CCC(CNC(=NC)NCCCOCC2CC2)C1. The minimum atomic E-state index is 0.755. The van der Waals surface area contributed by atoms with Gasteiger partial charge in [-0.1, -0.05) is 6.92 Å². The lowest BCUT2D eigenvalue weighted by Gasteiger charge is -2.16. The summed E-state index contributed by atoms with van der Waals surface area (Å²) < 4.78 is 5.63. The molecule has 1 saturated carbocycles. The average molecular weight is 296 g/mol. The van der Waals surface area contributed by atoms with Crippen molar-refractivity contribution in [2.24, 2.45) is 16.8 Å². The van der Waals surface area contributed by atoms with Crippen LogP contribution < -0.4 is 10.6 Å². The third-order valence-electron chi connectivity index (χ3n) is 4.41. The summed E-state index contributed by atoms with van der Waals surface area (Å²) in [6, 6.07) is 0. The van der Waals surface area contributed by atoms with E-state index in [1.165, 1.54) is 38.9 Å². The number of rotatable bonds is 9. The van der Waals surface area contributed by atoms with Crippen LogP contribution in [0, 0.1) is 11.8 Å². The van der Waals surface area contributed by atoms with Crippen molar-refractivity contribution < 1.29 is 4.74 Å². The Morgan fingerprint density at radius 1 is 1.24 bits per heavy atom. The molecule has 0 radical (unpaired) electrons. The standard InChI is InChI=1S/C16H32N4O/c1-3-20-9-7-15(12-20)11-19-16(17-2)18-8-4-10-21-13-14-5-6-14/h14-15H,3-13H2,1-2H3,(H2,17,18,19). The molecule has 0 aromatic carbocycles. The molecule has 0 bridgehead atoms. The molecule has 5 nitrogen and oxygen atoms in total. The number of guanidine groups is 1. The minimum absolute atomic E-state index is 0.755. The summed E-state index contributed by atoms with van der Waals surface area (Å²) in [5.74, 6) is 2.54. The monoisotopic (exact) mass is 296 g/mol. The van der Waals surface area contributed by atoms with Crippen molar-refractivity contribution in [1.29, 1.82) is 0 Å². The van der Waals surface area contributed by atoms with Crippen molar-refractivity contribution in [3.8, 4) is 0 Å². The lowest BCUT2D eigenvalue weighted by molar-refractivity contribution is 0.123. The topological polar surface area (TPSA) is 48.9 Å². The van der Waals surface area contributed by atoms with Gasteiger partial charge in [-0.25, -0.2) is 0 Å². The van der Waals surface area contributed by atoms with E-state index in [1.54, 1.807) is 0 Å². The predicted octanol–water partition coefficient (Wildman–Crippen LogP) is 1.31. The van der Waals surface area contributed by atoms with Gasteiger partial charge in [-0.3, -0.25) is 4.99 Å². The quantitative estimate of drug-likeness (QED) is 0.383. The molecule has 1 unspecified atom stereocenters. The molecule has 2 aliphatic rings. The van der Waals surface area contributed by atoms with E-state index in [2.05, 4.69) is 27.4 Å². The summed E-state index contributed by atoms with van der Waals surface area (Å²) in [7, 11) is 1.84. The fourth-order valence-electron chi connectivity index (χ4n) is 2.74. The highest BCUT2D eigenvalue weighted by Gasteiger charge is 2.21. The maximum absolute atomic E-state index is 5.63. The molecule has 1 heterocycles. The normalized spacial score (nSPS) is 23.5. The van der Waals surface area contributed by atoms with Crippen LogP contribution in [-0.4, -0.2) is 63.8 Å². The predicted molar refractivity (Wildman–Crippen MR) is 87.7 cm³/mol. The number of hydrogen-bond donors (Lipinski definition) is 2. The molecule has 1 saturated heterocycles. The molecular weight excluding hydrogens is 264 g/mol. The van der Waals surface area contributed by atoms with Crippen molar-refractivity contribution in [3.63, 3.8) is 0 Å². The van der Waals surface area contributed by atoms with Gasteiger partial charge in [0, 0.05) is 39.9 Å². The number of nitrogens with zero attached hydrogens (tertiary/aromatic N) is 2. The van der Waals surface area contributed by atoms with Gasteiger partial charge in [0.1, 0.15) is 0 Å². The third kappa shape index (κ3) is 6.66. The summed E-state index contributed by atoms with van der Waals surface area (Å²) in [6.45, 7) is 9.64. The molecule has 0 amide bonds. The molecule has 0 spiro atoms. The third-order valence-corrected chi connectivity index (χ3v) is 4.41. The van der Waals surface area contributed by atoms with Crippen LogP contribution in [0.1, 0.15) is 32.6 Å². The molecule has 5 heteroatoms. The summed E-state index contributed by atoms with van der Waals surface area (Å²) >= 11 is 0. The Morgan fingerprint density at radius 2 is 2.10 bits per heavy atom. The molecule has 122 valence electrons. The van der Waals surface area contributed by atoms with Crippen LogP contribution in [-0.2, 0) is 4.74 Å². The Morgan fingerprint density at radius 3 is 2.76 bits per heavy atom. The van der Waals surface area contributed by atoms with Gasteiger partial charge >= 0.3 is 0 Å². The van der Waals surface area contributed by atoms with E-state index in [4.69, 9.17) is 4.74 Å². The molecule has 2 N–H and O–H groups in total. The van der Waals surface area contributed by atoms with E-state index >= 15 is 0 Å². The Bertz CT molecular complexity index is 317. The zero-order chi connectivity index (χ0) is 14.9. The van der Waals surface area contributed by atoms with Crippen LogP contribution in [0.5, 0.6) is 0 Å². The van der Waals surface area contributed by atoms with E-state index in [9.17, 15) is 0 Å². The number of likely N-dealkylation sites (tertiary alicyclic amines) is 1. The molecule has 1 atom stereocenters. The molecule has 2 rings (SSSR count). The fourth-order valence-corrected chi connectivity index (χ4v) is 2.74. The van der Waals surface area contributed by atoms with Crippen molar-refractivity contribution in [2.45, 2.75) is 32.6 Å². The molecule has 21 heavy (non-hydrogen) atoms. The summed E-state index contributed by atoms with van der Waals surface area (Å²) in [6.07, 6.45) is 5.07. The second-order valence-electron chi connectivity index (χ2n) is 6.30. The van der Waals surface area contributed by atoms with Crippen LogP contribution in [0.3, 0.4) is 0 Å². The van der Waals surface area contributed by atoms with Crippen LogP contribution in [0.25, 0.3) is 0 Å². The highest BCUT2D eigenvalue weighted by atomic mass is 16.5. The Labute approximate surface area is 129 Å². The summed E-state index contributed by atoms with van der Waals surface area (Å²) in [5, 5.41) is 6.81. The van der Waals surface area contributed by atoms with Crippen molar-refractivity contribution in [2.75, 3.05) is 53.0 Å². The molecule has 0 aromatic heterocycles. The number of ether oxygens (including phenoxy) is 1. The highest BCUT2D eigenvalue weighted by Crippen LogP contribution is 2.28. The lowest BCUT2D eigenvalue weighted by Crippen LogP contribution is -2.40. The van der Waals surface area contributed by atoms with Crippen LogP contribution in [0.2, 0.25) is 0 Å². The Hall–Kier alpha value is -0.810. The zero-order valence-corrected chi connectivity index (χ0v) is 13.7. The number of nitrogens with one attached hydrogen (secondary N) is 2. The van der Waals surface area contributed by atoms with Crippen molar-refractivity contribution >= 4 is 5.96 Å². The Kier molecular flexibility index (Phi) is 7.30. The van der Waals surface area contributed by atoms with Gasteiger partial charge in [0.25, 0.3) is 0 Å². The maximum atomic E-state index is 5.63. The van der Waals surface area contributed by atoms with Crippen LogP contribution in [0.15, 0.2) is 4.99 Å². The smallest absolute Gasteiger partial charge is 0.190 e. The van der Waals surface area contributed by atoms with Gasteiger partial charge in [0.05, 0.1) is 0 Å². The lowest BCUT2D eigenvalue weighted by atomic mass is 10.1. The molecular formula is C16H32N4O. The van der Waals surface area contributed by atoms with Gasteiger partial charge in [-0.05, 0) is 50.6 Å². The molecule has 1 aliphatic heterocycles. The first kappa shape index (κ1) is 16.6. The average Bonchev–Trinajstić information content (AvgIpc) is 3.22. The highest BCUT2D eigenvalue weighted by molar-refractivity contribution is 5.79. The van der Waals surface area contributed by atoms with Crippen molar-refractivity contribution in [1.82, 2.24) is 15.5 Å². The van der Waals surface area contributed by atoms with Gasteiger partial charge in [-0.2, -0.15) is 0 Å². The first-order valence-corrected chi connectivity index (χ1v) is 8.56. The summed E-state index contributed by atoms with van der Waals surface area (Å²) in [4.78, 5) is 6.80. The molecule has 2 fully saturated rings. The van der Waals surface area contributed by atoms with E-state index in [0.29, 0.717) is 0 Å². The largest absolute Gasteiger partial charge is 0.381 e. The van der Waals surface area contributed by atoms with E-state index < -0.39 is 0 Å². The second-order valence-corrected chi connectivity index (χ2v) is 6.30. The number of aliphatic imine (C=N–C) groups is 1. The van der Waals surface area contributed by atoms with Gasteiger partial charge in [-0.15, -0.1) is 0 Å². The Balaban J connectivity index is 1.47. The second kappa shape index (κ2) is 9.26. The fraction of sp³-hybridized carbons (Fsp3) is 0.938. The molecule has 0 aromatic rings. The number of hydrogen-bond acceptors (Lipinski definition) is 3. The zero-order valence-electron chi connectivity index (χ0n) is 13.7. The first-order valence-electron chi connectivity index (χ1n) is 8.56. The molecule has 1 aliphatic carbocycles. The van der Waals surface area contributed by atoms with E-state index in [-0.39, 0.29) is 0 Å². The van der Waals surface area contributed by atoms with Gasteiger partial charge < -0.3 is 20.3 Å². The maximum Gasteiger partial charge on any atom is 0.190 e. The van der Waals surface area contributed by atoms with Gasteiger partial charge in [0.15, 0.2) is 5.96 Å². The minimum Gasteiger partial charge on any atom is -0.381 e. The van der Waals surface area contributed by atoms with Crippen LogP contribution >= 0.6 is 0 Å².